The lowest BCUT2D eigenvalue weighted by Gasteiger charge is -2.06. The van der Waals surface area contributed by atoms with Crippen LogP contribution in [0.4, 0.5) is 5.69 Å². The van der Waals surface area contributed by atoms with Gasteiger partial charge >= 0.3 is 0 Å². The van der Waals surface area contributed by atoms with Crippen molar-refractivity contribution in [3.8, 4) is 6.07 Å². The molecule has 0 saturated carbocycles. The zero-order valence-corrected chi connectivity index (χ0v) is 8.84. The molecular weight excluding hydrogens is 228 g/mol. The predicted octanol–water partition coefficient (Wildman–Crippen LogP) is 3.16. The molecule has 0 aliphatic heterocycles. The number of hydrogen-bond acceptors (Lipinski definition) is 2. The Morgan fingerprint density at radius 3 is 2.85 bits per heavy atom. The molecule has 0 radical (unpaired) electrons. The third-order valence-electron chi connectivity index (χ3n) is 1.65. The lowest BCUT2D eigenvalue weighted by atomic mass is 10.3. The van der Waals surface area contributed by atoms with Crippen LogP contribution in [0.2, 0.25) is 0 Å². The van der Waals surface area contributed by atoms with E-state index < -0.39 is 0 Å². The molecule has 0 spiro atoms. The Kier molecular flexibility index (Phi) is 4.34. The molecule has 1 N–H and O–H groups in total. The van der Waals surface area contributed by atoms with Crippen molar-refractivity contribution >= 4 is 21.6 Å². The van der Waals surface area contributed by atoms with Gasteiger partial charge in [0, 0.05) is 23.1 Å². The van der Waals surface area contributed by atoms with Crippen molar-refractivity contribution in [3.05, 3.63) is 28.7 Å². The van der Waals surface area contributed by atoms with E-state index in [-0.39, 0.29) is 0 Å². The molecule has 0 fully saturated rings. The van der Waals surface area contributed by atoms with Crippen LogP contribution >= 0.6 is 15.9 Å². The van der Waals surface area contributed by atoms with Crippen LogP contribution in [0.25, 0.3) is 0 Å². The van der Waals surface area contributed by atoms with Crippen molar-refractivity contribution in [2.75, 3.05) is 11.9 Å². The maximum Gasteiger partial charge on any atom is 0.0622 e. The number of benzene rings is 1. The van der Waals surface area contributed by atoms with Crippen LogP contribution < -0.4 is 5.32 Å². The smallest absolute Gasteiger partial charge is 0.0622 e. The summed E-state index contributed by atoms with van der Waals surface area (Å²) in [6.45, 7) is 0.843. The molecule has 0 amide bonds. The molecule has 1 aromatic rings. The summed E-state index contributed by atoms with van der Waals surface area (Å²) in [6, 6.07) is 10.1. The van der Waals surface area contributed by atoms with Crippen molar-refractivity contribution in [2.24, 2.45) is 0 Å². The summed E-state index contributed by atoms with van der Waals surface area (Å²) >= 11 is 3.44. The summed E-state index contributed by atoms with van der Waals surface area (Å²) in [6.07, 6.45) is 1.50. The summed E-state index contributed by atoms with van der Waals surface area (Å²) < 4.78 is 1.06. The Labute approximate surface area is 86.7 Å². The fourth-order valence-electron chi connectivity index (χ4n) is 0.995. The number of para-hydroxylation sites is 1. The number of anilines is 1. The van der Waals surface area contributed by atoms with Crippen LogP contribution in [0, 0.1) is 11.3 Å². The van der Waals surface area contributed by atoms with E-state index in [0.717, 1.165) is 23.1 Å². The fourth-order valence-corrected chi connectivity index (χ4v) is 1.42. The Hall–Kier alpha value is -1.01. The fraction of sp³-hybridized carbons (Fsp3) is 0.300. The first kappa shape index (κ1) is 10.1. The van der Waals surface area contributed by atoms with Gasteiger partial charge in [-0.3, -0.25) is 0 Å². The van der Waals surface area contributed by atoms with Gasteiger partial charge in [0.1, 0.15) is 0 Å². The van der Waals surface area contributed by atoms with Gasteiger partial charge in [-0.05, 0) is 34.5 Å². The highest BCUT2D eigenvalue weighted by Crippen LogP contribution is 2.20. The van der Waals surface area contributed by atoms with Crippen molar-refractivity contribution in [1.82, 2.24) is 0 Å². The minimum absolute atomic E-state index is 0.609. The highest BCUT2D eigenvalue weighted by atomic mass is 79.9. The van der Waals surface area contributed by atoms with Gasteiger partial charge in [-0.25, -0.2) is 0 Å². The van der Waals surface area contributed by atoms with E-state index in [0.29, 0.717) is 6.42 Å². The first-order valence-electron chi connectivity index (χ1n) is 4.20. The molecule has 68 valence electrons. The van der Waals surface area contributed by atoms with Crippen LogP contribution in [0.1, 0.15) is 12.8 Å². The summed E-state index contributed by atoms with van der Waals surface area (Å²) in [5.41, 5.74) is 1.08. The van der Waals surface area contributed by atoms with E-state index in [1.165, 1.54) is 0 Å². The average Bonchev–Trinajstić information content (AvgIpc) is 2.15. The van der Waals surface area contributed by atoms with Crippen LogP contribution in [0.5, 0.6) is 0 Å². The first-order valence-corrected chi connectivity index (χ1v) is 4.99. The Balaban J connectivity index is 2.37. The largest absolute Gasteiger partial charge is 0.384 e. The van der Waals surface area contributed by atoms with Gasteiger partial charge in [0.15, 0.2) is 0 Å². The van der Waals surface area contributed by atoms with E-state index >= 15 is 0 Å². The number of nitrogens with one attached hydrogen (secondary N) is 1. The summed E-state index contributed by atoms with van der Waals surface area (Å²) in [4.78, 5) is 0. The predicted molar refractivity (Wildman–Crippen MR) is 57.5 cm³/mol. The molecule has 0 bridgehead atoms. The number of nitriles is 1. The van der Waals surface area contributed by atoms with Crippen LogP contribution in [-0.4, -0.2) is 6.54 Å². The number of rotatable bonds is 4. The molecule has 0 saturated heterocycles. The standard InChI is InChI=1S/C10H11BrN2/c11-9-5-1-2-6-10(9)13-8-4-3-7-12/h1-2,5-6,13H,3-4,8H2. The Bertz CT molecular complexity index is 304. The number of nitrogens with zero attached hydrogens (tertiary/aromatic N) is 1. The topological polar surface area (TPSA) is 35.8 Å². The second-order valence-corrected chi connectivity index (χ2v) is 3.52. The molecule has 0 aliphatic rings. The summed E-state index contributed by atoms with van der Waals surface area (Å²) in [5.74, 6) is 0. The monoisotopic (exact) mass is 238 g/mol. The molecule has 0 heterocycles. The normalized spacial score (nSPS) is 9.23. The summed E-state index contributed by atoms with van der Waals surface area (Å²) in [7, 11) is 0. The van der Waals surface area contributed by atoms with E-state index in [1.807, 2.05) is 24.3 Å². The zero-order valence-electron chi connectivity index (χ0n) is 7.26. The van der Waals surface area contributed by atoms with E-state index in [4.69, 9.17) is 5.26 Å². The molecule has 1 rings (SSSR count). The molecule has 0 aliphatic carbocycles. The molecule has 2 nitrogen and oxygen atoms in total. The Morgan fingerprint density at radius 1 is 1.38 bits per heavy atom. The minimum Gasteiger partial charge on any atom is -0.384 e. The van der Waals surface area contributed by atoms with Crippen molar-refractivity contribution in [2.45, 2.75) is 12.8 Å². The van der Waals surface area contributed by atoms with Gasteiger partial charge in [0.2, 0.25) is 0 Å². The zero-order chi connectivity index (χ0) is 9.52. The summed E-state index contributed by atoms with van der Waals surface area (Å²) in [5, 5.41) is 11.6. The molecule has 3 heteroatoms. The third kappa shape index (κ3) is 3.47. The molecule has 13 heavy (non-hydrogen) atoms. The molecule has 0 atom stereocenters. The van der Waals surface area contributed by atoms with Crippen LogP contribution in [-0.2, 0) is 0 Å². The third-order valence-corrected chi connectivity index (χ3v) is 2.35. The highest BCUT2D eigenvalue weighted by Gasteiger charge is 1.95. The van der Waals surface area contributed by atoms with Gasteiger partial charge in [0.25, 0.3) is 0 Å². The second-order valence-electron chi connectivity index (χ2n) is 2.67. The van der Waals surface area contributed by atoms with E-state index in [1.54, 1.807) is 0 Å². The van der Waals surface area contributed by atoms with Gasteiger partial charge in [0.05, 0.1) is 6.07 Å². The Morgan fingerprint density at radius 2 is 2.15 bits per heavy atom. The maximum absolute atomic E-state index is 8.33. The number of halogens is 1. The highest BCUT2D eigenvalue weighted by molar-refractivity contribution is 9.10. The van der Waals surface area contributed by atoms with E-state index in [2.05, 4.69) is 27.3 Å². The maximum atomic E-state index is 8.33. The van der Waals surface area contributed by atoms with Crippen molar-refractivity contribution < 1.29 is 0 Å². The molecule has 0 unspecified atom stereocenters. The van der Waals surface area contributed by atoms with Crippen LogP contribution in [0.15, 0.2) is 28.7 Å². The van der Waals surface area contributed by atoms with E-state index in [9.17, 15) is 0 Å². The number of unbranched alkanes of at least 4 members (excludes halogenated alkanes) is 1. The molecule has 1 aromatic carbocycles. The first-order chi connectivity index (χ1) is 6.34. The SMILES string of the molecule is N#CCCCNc1ccccc1Br. The van der Waals surface area contributed by atoms with Gasteiger partial charge in [-0.15, -0.1) is 0 Å². The minimum atomic E-state index is 0.609. The average molecular weight is 239 g/mol. The van der Waals surface area contributed by atoms with Gasteiger partial charge in [-0.1, -0.05) is 12.1 Å². The van der Waals surface area contributed by atoms with Crippen molar-refractivity contribution in [3.63, 3.8) is 0 Å². The molecule has 0 aromatic heterocycles. The number of hydrogen-bond donors (Lipinski definition) is 1. The lowest BCUT2D eigenvalue weighted by molar-refractivity contribution is 0.897. The van der Waals surface area contributed by atoms with Crippen molar-refractivity contribution in [1.29, 1.82) is 5.26 Å². The van der Waals surface area contributed by atoms with Crippen LogP contribution in [0.3, 0.4) is 0 Å². The van der Waals surface area contributed by atoms with Gasteiger partial charge in [-0.2, -0.15) is 5.26 Å². The lowest BCUT2D eigenvalue weighted by Crippen LogP contribution is -2.01. The molecular formula is C10H11BrN2. The second kappa shape index (κ2) is 5.60. The quantitative estimate of drug-likeness (QED) is 0.819. The van der Waals surface area contributed by atoms with Gasteiger partial charge < -0.3 is 5.32 Å².